The Hall–Kier alpha value is -2.65. The maximum atomic E-state index is 14.1. The fourth-order valence-corrected chi connectivity index (χ4v) is 3.72. The van der Waals surface area contributed by atoms with Gasteiger partial charge in [0.25, 0.3) is 0 Å². The van der Waals surface area contributed by atoms with Crippen LogP contribution in [0.5, 0.6) is 0 Å². The van der Waals surface area contributed by atoms with Gasteiger partial charge in [-0.1, -0.05) is 28.9 Å². The van der Waals surface area contributed by atoms with E-state index < -0.39 is 5.82 Å². The monoisotopic (exact) mass is 462 g/mol. The van der Waals surface area contributed by atoms with Crippen molar-refractivity contribution < 1.29 is 9.18 Å². The van der Waals surface area contributed by atoms with Crippen molar-refractivity contribution in [1.29, 1.82) is 0 Å². The second kappa shape index (κ2) is 9.23. The summed E-state index contributed by atoms with van der Waals surface area (Å²) in [6.07, 6.45) is 3.13. The predicted octanol–water partition coefficient (Wildman–Crippen LogP) is 3.50. The lowest BCUT2D eigenvalue weighted by atomic mass is 10.1. The lowest BCUT2D eigenvalue weighted by Gasteiger charge is -2.34. The molecule has 31 heavy (non-hydrogen) atoms. The highest BCUT2D eigenvalue weighted by Gasteiger charge is 2.28. The first kappa shape index (κ1) is 23.0. The van der Waals surface area contributed by atoms with E-state index in [4.69, 9.17) is 11.6 Å². The number of carbonyl (C=O) groups excluding carboxylic acids is 1. The van der Waals surface area contributed by atoms with Crippen molar-refractivity contribution in [2.45, 2.75) is 39.3 Å². The number of rotatable bonds is 5. The third-order valence-corrected chi connectivity index (χ3v) is 5.70. The summed E-state index contributed by atoms with van der Waals surface area (Å²) < 4.78 is 15.7. The molecular weight excluding hydrogens is 439 g/mol. The smallest absolute Gasteiger partial charge is 0.246 e. The van der Waals surface area contributed by atoms with Crippen LogP contribution >= 0.6 is 25.1 Å². The molecule has 164 valence electrons. The summed E-state index contributed by atoms with van der Waals surface area (Å²) in [6.45, 7) is 4.02. The number of carbonyl (C=O) groups is 1. The van der Waals surface area contributed by atoms with Gasteiger partial charge in [0.15, 0.2) is 0 Å². The van der Waals surface area contributed by atoms with E-state index in [1.807, 2.05) is 31.9 Å². The first-order chi connectivity index (χ1) is 14.3. The van der Waals surface area contributed by atoms with Gasteiger partial charge in [0.1, 0.15) is 11.9 Å². The molecule has 1 aliphatic rings. The van der Waals surface area contributed by atoms with Crippen molar-refractivity contribution >= 4 is 42.4 Å². The molecule has 3 heterocycles. The van der Waals surface area contributed by atoms with Gasteiger partial charge < -0.3 is 10.2 Å². The third kappa shape index (κ3) is 4.67. The first-order valence-electron chi connectivity index (χ1n) is 9.69. The molecule has 0 bridgehead atoms. The zero-order valence-corrected chi connectivity index (χ0v) is 19.2. The summed E-state index contributed by atoms with van der Waals surface area (Å²) >= 11 is 5.84. The number of nitrogens with one attached hydrogen (secondary N) is 1. The van der Waals surface area contributed by atoms with E-state index in [0.717, 1.165) is 28.5 Å². The van der Waals surface area contributed by atoms with Gasteiger partial charge in [0.2, 0.25) is 5.91 Å². The Morgan fingerprint density at radius 3 is 2.77 bits per heavy atom. The van der Waals surface area contributed by atoms with E-state index in [0.29, 0.717) is 18.4 Å². The van der Waals surface area contributed by atoms with Crippen LogP contribution in [-0.2, 0) is 24.2 Å². The summed E-state index contributed by atoms with van der Waals surface area (Å²) in [5.74, 6) is -0.467. The minimum absolute atomic E-state index is 0. The zero-order chi connectivity index (χ0) is 21.4. The van der Waals surface area contributed by atoms with Crippen LogP contribution in [-0.4, -0.2) is 39.0 Å². The number of aryl methyl sites for hydroxylation is 3. The molecule has 0 saturated heterocycles. The number of anilines is 2. The van der Waals surface area contributed by atoms with Gasteiger partial charge in [-0.25, -0.2) is 9.07 Å². The number of halogens is 2. The van der Waals surface area contributed by atoms with Gasteiger partial charge in [0, 0.05) is 24.5 Å². The van der Waals surface area contributed by atoms with Gasteiger partial charge in [-0.3, -0.25) is 9.78 Å². The molecule has 7 nitrogen and oxygen atoms in total. The van der Waals surface area contributed by atoms with Crippen LogP contribution in [0.1, 0.15) is 29.6 Å². The maximum Gasteiger partial charge on any atom is 0.246 e. The fourth-order valence-electron chi connectivity index (χ4n) is 3.52. The van der Waals surface area contributed by atoms with E-state index in [-0.39, 0.29) is 37.0 Å². The molecule has 2 aromatic heterocycles. The van der Waals surface area contributed by atoms with Gasteiger partial charge in [-0.05, 0) is 38.8 Å². The number of likely N-dealkylation sites (N-methyl/N-ethyl adjacent to an activating group) is 1. The summed E-state index contributed by atoms with van der Waals surface area (Å²) in [6, 6.07) is 6.68. The van der Waals surface area contributed by atoms with Crippen LogP contribution in [0, 0.1) is 12.7 Å². The Bertz CT molecular complexity index is 1120. The molecular formula is C21H24ClFN6OS. The number of hydrogen-bond donors (Lipinski definition) is 1. The number of benzene rings is 1. The molecule has 1 aliphatic heterocycles. The van der Waals surface area contributed by atoms with Crippen molar-refractivity contribution in [1.82, 2.24) is 20.0 Å². The Labute approximate surface area is 192 Å². The highest BCUT2D eigenvalue weighted by molar-refractivity contribution is 7.59. The molecule has 0 radical (unpaired) electrons. The largest absolute Gasteiger partial charge is 0.361 e. The van der Waals surface area contributed by atoms with Gasteiger partial charge in [0.05, 0.1) is 34.3 Å². The Morgan fingerprint density at radius 2 is 2.00 bits per heavy atom. The molecule has 1 atom stereocenters. The minimum atomic E-state index is -0.435. The third-order valence-electron chi connectivity index (χ3n) is 5.41. The van der Waals surface area contributed by atoms with Gasteiger partial charge >= 0.3 is 0 Å². The van der Waals surface area contributed by atoms with E-state index in [1.165, 1.54) is 6.07 Å². The molecule has 10 heteroatoms. The number of hydrogen-bond acceptors (Lipinski definition) is 5. The molecule has 1 N–H and O–H groups in total. The summed E-state index contributed by atoms with van der Waals surface area (Å²) in [5.41, 5.74) is 4.69. The van der Waals surface area contributed by atoms with Crippen LogP contribution in [0.2, 0.25) is 5.02 Å². The van der Waals surface area contributed by atoms with Crippen molar-refractivity contribution in [2.75, 3.05) is 17.3 Å². The summed E-state index contributed by atoms with van der Waals surface area (Å²) in [7, 11) is 1.91. The molecule has 0 unspecified atom stereocenters. The number of nitrogens with zero attached hydrogens (tertiary/aromatic N) is 5. The van der Waals surface area contributed by atoms with Crippen LogP contribution in [0.15, 0.2) is 30.5 Å². The van der Waals surface area contributed by atoms with E-state index in [2.05, 4.69) is 20.6 Å². The molecule has 3 aromatic rings. The van der Waals surface area contributed by atoms with Crippen LogP contribution < -0.4 is 10.2 Å². The topological polar surface area (TPSA) is 75.9 Å². The van der Waals surface area contributed by atoms with Crippen molar-refractivity contribution in [3.63, 3.8) is 0 Å². The van der Waals surface area contributed by atoms with E-state index >= 15 is 0 Å². The van der Waals surface area contributed by atoms with E-state index in [1.54, 1.807) is 23.0 Å². The molecule has 4 rings (SSSR count). The SMILES string of the molecule is Cc1nc(CCc2cn(Cc3cccc(Cl)c3F)nn2)cc2c1NC(=O)[C@H](C)N2C.S. The second-order valence-corrected chi connectivity index (χ2v) is 7.90. The standard InChI is InChI=1S/C21H22ClFN6O.H2S/c1-12-20-18(28(3)13(2)21(30)25-20)9-15(24-12)7-8-16-11-29(27-26-16)10-14-5-4-6-17(22)19(14)23;/h4-6,9,11,13H,7-8,10H2,1-3H3,(H,25,30);1H2/t13-;/m0./s1. The number of aromatic nitrogens is 4. The second-order valence-electron chi connectivity index (χ2n) is 7.49. The average Bonchev–Trinajstić information content (AvgIpc) is 3.16. The average molecular weight is 463 g/mol. The number of amides is 1. The lowest BCUT2D eigenvalue weighted by molar-refractivity contribution is -0.117. The first-order valence-corrected chi connectivity index (χ1v) is 10.1. The molecule has 1 aromatic carbocycles. The predicted molar refractivity (Wildman–Crippen MR) is 124 cm³/mol. The normalized spacial score (nSPS) is 15.3. The minimum Gasteiger partial charge on any atom is -0.361 e. The Balaban J connectivity index is 0.00000272. The lowest BCUT2D eigenvalue weighted by Crippen LogP contribution is -2.44. The molecule has 0 saturated carbocycles. The zero-order valence-electron chi connectivity index (χ0n) is 17.5. The molecule has 1 amide bonds. The molecule has 0 aliphatic carbocycles. The highest BCUT2D eigenvalue weighted by atomic mass is 35.5. The van der Waals surface area contributed by atoms with E-state index in [9.17, 15) is 9.18 Å². The Kier molecular flexibility index (Phi) is 6.86. The highest BCUT2D eigenvalue weighted by Crippen LogP contribution is 2.33. The quantitative estimate of drug-likeness (QED) is 0.628. The summed E-state index contributed by atoms with van der Waals surface area (Å²) in [4.78, 5) is 18.7. The number of pyridine rings is 1. The molecule has 0 fully saturated rings. The number of fused-ring (bicyclic) bond motifs is 1. The van der Waals surface area contributed by atoms with Crippen LogP contribution in [0.4, 0.5) is 15.8 Å². The van der Waals surface area contributed by atoms with Crippen molar-refractivity contribution in [3.8, 4) is 0 Å². The van der Waals surface area contributed by atoms with Crippen molar-refractivity contribution in [2.24, 2.45) is 0 Å². The fraction of sp³-hybridized carbons (Fsp3) is 0.333. The summed E-state index contributed by atoms with van der Waals surface area (Å²) in [5, 5.41) is 11.3. The van der Waals surface area contributed by atoms with Crippen LogP contribution in [0.3, 0.4) is 0 Å². The van der Waals surface area contributed by atoms with Crippen molar-refractivity contribution in [3.05, 3.63) is 63.9 Å². The van der Waals surface area contributed by atoms with Gasteiger partial charge in [-0.2, -0.15) is 13.5 Å². The van der Waals surface area contributed by atoms with Crippen LogP contribution in [0.25, 0.3) is 0 Å². The Morgan fingerprint density at radius 1 is 1.26 bits per heavy atom. The molecule has 0 spiro atoms. The van der Waals surface area contributed by atoms with Gasteiger partial charge in [-0.15, -0.1) is 5.10 Å². The maximum absolute atomic E-state index is 14.1.